The SMILES string of the molecule is COc1ncc(NC(=O)C(=O)N2C[C@@H](C)CC[C@@H]2c2ccccc2)cc1C(N)=O. The second-order valence-corrected chi connectivity index (χ2v) is 7.17. The minimum Gasteiger partial charge on any atom is -0.480 e. The second-order valence-electron chi connectivity index (χ2n) is 7.17. The van der Waals surface area contributed by atoms with Crippen LogP contribution < -0.4 is 15.8 Å². The topological polar surface area (TPSA) is 115 Å². The van der Waals surface area contributed by atoms with Crippen LogP contribution in [0.4, 0.5) is 5.69 Å². The monoisotopic (exact) mass is 396 g/mol. The van der Waals surface area contributed by atoms with E-state index in [0.717, 1.165) is 18.4 Å². The van der Waals surface area contributed by atoms with Gasteiger partial charge in [-0.3, -0.25) is 14.4 Å². The van der Waals surface area contributed by atoms with Gasteiger partial charge in [0.05, 0.1) is 25.0 Å². The molecule has 1 aliphatic rings. The molecule has 8 heteroatoms. The van der Waals surface area contributed by atoms with Gasteiger partial charge in [-0.1, -0.05) is 37.3 Å². The Morgan fingerprint density at radius 3 is 2.59 bits per heavy atom. The predicted molar refractivity (Wildman–Crippen MR) is 107 cm³/mol. The lowest BCUT2D eigenvalue weighted by molar-refractivity contribution is -0.146. The molecule has 1 aliphatic heterocycles. The average molecular weight is 396 g/mol. The molecule has 0 unspecified atom stereocenters. The molecule has 1 fully saturated rings. The summed E-state index contributed by atoms with van der Waals surface area (Å²) in [5, 5.41) is 2.52. The number of pyridine rings is 1. The van der Waals surface area contributed by atoms with E-state index in [1.54, 1.807) is 4.90 Å². The van der Waals surface area contributed by atoms with Crippen molar-refractivity contribution in [1.29, 1.82) is 0 Å². The van der Waals surface area contributed by atoms with Crippen molar-refractivity contribution in [2.75, 3.05) is 19.0 Å². The fourth-order valence-corrected chi connectivity index (χ4v) is 3.57. The second kappa shape index (κ2) is 8.72. The number of hydrogen-bond acceptors (Lipinski definition) is 5. The van der Waals surface area contributed by atoms with Crippen molar-refractivity contribution in [3.8, 4) is 5.88 Å². The minimum absolute atomic E-state index is 0.0199. The molecule has 2 aromatic rings. The van der Waals surface area contributed by atoms with Gasteiger partial charge in [-0.15, -0.1) is 0 Å². The van der Waals surface area contributed by atoms with Crippen molar-refractivity contribution in [1.82, 2.24) is 9.88 Å². The summed E-state index contributed by atoms with van der Waals surface area (Å²) in [6, 6.07) is 10.9. The number of benzene rings is 1. The van der Waals surface area contributed by atoms with Gasteiger partial charge in [0, 0.05) is 6.54 Å². The number of carbonyl (C=O) groups is 3. The number of likely N-dealkylation sites (tertiary alicyclic amines) is 1. The zero-order chi connectivity index (χ0) is 21.0. The fraction of sp³-hybridized carbons (Fsp3) is 0.333. The highest BCUT2D eigenvalue weighted by Crippen LogP contribution is 2.33. The number of primary amides is 1. The third-order valence-electron chi connectivity index (χ3n) is 5.02. The van der Waals surface area contributed by atoms with Gasteiger partial charge in [-0.25, -0.2) is 4.98 Å². The number of hydrogen-bond donors (Lipinski definition) is 2. The van der Waals surface area contributed by atoms with E-state index in [9.17, 15) is 14.4 Å². The average Bonchev–Trinajstić information content (AvgIpc) is 2.73. The number of methoxy groups -OCH3 is 1. The molecule has 1 aromatic carbocycles. The van der Waals surface area contributed by atoms with Crippen LogP contribution in [0.1, 0.15) is 41.7 Å². The van der Waals surface area contributed by atoms with Crippen molar-refractivity contribution in [2.45, 2.75) is 25.8 Å². The Balaban J connectivity index is 1.80. The lowest BCUT2D eigenvalue weighted by atomic mass is 9.90. The van der Waals surface area contributed by atoms with Crippen molar-refractivity contribution in [3.05, 3.63) is 53.7 Å². The van der Waals surface area contributed by atoms with Crippen molar-refractivity contribution < 1.29 is 19.1 Å². The Hall–Kier alpha value is -3.42. The summed E-state index contributed by atoms with van der Waals surface area (Å²) in [4.78, 5) is 42.7. The number of rotatable bonds is 4. The highest BCUT2D eigenvalue weighted by Gasteiger charge is 2.34. The van der Waals surface area contributed by atoms with Gasteiger partial charge < -0.3 is 20.7 Å². The standard InChI is InChI=1S/C21H24N4O4/c1-13-8-9-17(14-6-4-3-5-7-14)25(12-13)21(28)19(27)24-15-10-16(18(22)26)20(29-2)23-11-15/h3-7,10-11,13,17H,8-9,12H2,1-2H3,(H2,22,26)(H,24,27)/t13-,17+/m0/s1. The van der Waals surface area contributed by atoms with Crippen LogP contribution in [0.25, 0.3) is 0 Å². The number of nitrogens with two attached hydrogens (primary N) is 1. The molecule has 3 amide bonds. The Bertz CT molecular complexity index is 916. The number of ether oxygens (including phenoxy) is 1. The summed E-state index contributed by atoms with van der Waals surface area (Å²) >= 11 is 0. The third-order valence-corrected chi connectivity index (χ3v) is 5.02. The number of anilines is 1. The summed E-state index contributed by atoms with van der Waals surface area (Å²) in [7, 11) is 1.36. The van der Waals surface area contributed by atoms with Crippen LogP contribution in [-0.4, -0.2) is 41.3 Å². The molecule has 0 spiro atoms. The molecular weight excluding hydrogens is 372 g/mol. The van der Waals surface area contributed by atoms with Crippen molar-refractivity contribution in [2.24, 2.45) is 11.7 Å². The lowest BCUT2D eigenvalue weighted by Gasteiger charge is -2.38. The zero-order valence-electron chi connectivity index (χ0n) is 16.4. The van der Waals surface area contributed by atoms with Gasteiger partial charge in [-0.05, 0) is 30.4 Å². The number of piperidine rings is 1. The molecule has 0 radical (unpaired) electrons. The first kappa shape index (κ1) is 20.3. The summed E-state index contributed by atoms with van der Waals surface area (Å²) < 4.78 is 4.98. The van der Waals surface area contributed by atoms with Crippen LogP contribution in [0.3, 0.4) is 0 Å². The van der Waals surface area contributed by atoms with Gasteiger partial charge in [0.25, 0.3) is 5.91 Å². The van der Waals surface area contributed by atoms with Gasteiger partial charge in [-0.2, -0.15) is 0 Å². The fourth-order valence-electron chi connectivity index (χ4n) is 3.57. The molecule has 0 bridgehead atoms. The first-order valence-corrected chi connectivity index (χ1v) is 9.41. The summed E-state index contributed by atoms with van der Waals surface area (Å²) in [6.07, 6.45) is 3.08. The highest BCUT2D eigenvalue weighted by atomic mass is 16.5. The van der Waals surface area contributed by atoms with Crippen LogP contribution in [0.15, 0.2) is 42.6 Å². The normalized spacial score (nSPS) is 18.8. The van der Waals surface area contributed by atoms with E-state index in [4.69, 9.17) is 10.5 Å². The first-order valence-electron chi connectivity index (χ1n) is 9.41. The Labute approximate surface area is 169 Å². The van der Waals surface area contributed by atoms with Gasteiger partial charge in [0.1, 0.15) is 5.56 Å². The predicted octanol–water partition coefficient (Wildman–Crippen LogP) is 2.13. The van der Waals surface area contributed by atoms with E-state index in [0.29, 0.717) is 12.5 Å². The maximum atomic E-state index is 13.0. The van der Waals surface area contributed by atoms with Crippen LogP contribution in [0.5, 0.6) is 5.88 Å². The Morgan fingerprint density at radius 1 is 1.21 bits per heavy atom. The van der Waals surface area contributed by atoms with Crippen molar-refractivity contribution in [3.63, 3.8) is 0 Å². The molecule has 1 aromatic heterocycles. The lowest BCUT2D eigenvalue weighted by Crippen LogP contribution is -2.46. The molecule has 2 heterocycles. The van der Waals surface area contributed by atoms with Crippen LogP contribution in [0.2, 0.25) is 0 Å². The van der Waals surface area contributed by atoms with E-state index in [-0.39, 0.29) is 23.2 Å². The van der Waals surface area contributed by atoms with Gasteiger partial charge >= 0.3 is 11.8 Å². The number of carbonyl (C=O) groups excluding carboxylic acids is 3. The smallest absolute Gasteiger partial charge is 0.313 e. The number of nitrogens with one attached hydrogen (secondary N) is 1. The van der Waals surface area contributed by atoms with E-state index >= 15 is 0 Å². The Morgan fingerprint density at radius 2 is 1.93 bits per heavy atom. The maximum absolute atomic E-state index is 13.0. The zero-order valence-corrected chi connectivity index (χ0v) is 16.4. The minimum atomic E-state index is -0.789. The maximum Gasteiger partial charge on any atom is 0.313 e. The quantitative estimate of drug-likeness (QED) is 0.769. The van der Waals surface area contributed by atoms with Crippen LogP contribution in [0, 0.1) is 5.92 Å². The molecule has 3 N–H and O–H groups in total. The van der Waals surface area contributed by atoms with E-state index in [1.807, 2.05) is 30.3 Å². The summed E-state index contributed by atoms with van der Waals surface area (Å²) in [5.74, 6) is -1.80. The van der Waals surface area contributed by atoms with Crippen molar-refractivity contribution >= 4 is 23.4 Å². The number of nitrogens with zero attached hydrogens (tertiary/aromatic N) is 2. The summed E-state index contributed by atoms with van der Waals surface area (Å²) in [6.45, 7) is 2.56. The molecule has 8 nitrogen and oxygen atoms in total. The number of aromatic nitrogens is 1. The van der Waals surface area contributed by atoms with Crippen LogP contribution >= 0.6 is 0 Å². The largest absolute Gasteiger partial charge is 0.480 e. The Kier molecular flexibility index (Phi) is 6.11. The molecule has 0 saturated carbocycles. The molecule has 2 atom stereocenters. The molecule has 152 valence electrons. The van der Waals surface area contributed by atoms with Gasteiger partial charge in [0.15, 0.2) is 0 Å². The highest BCUT2D eigenvalue weighted by molar-refractivity contribution is 6.39. The molecule has 1 saturated heterocycles. The van der Waals surface area contributed by atoms with Gasteiger partial charge in [0.2, 0.25) is 5.88 Å². The summed E-state index contributed by atoms with van der Waals surface area (Å²) in [5.41, 5.74) is 6.53. The number of amides is 3. The third kappa shape index (κ3) is 4.53. The van der Waals surface area contributed by atoms with E-state index < -0.39 is 17.7 Å². The molecule has 3 rings (SSSR count). The van der Waals surface area contributed by atoms with E-state index in [1.165, 1.54) is 19.4 Å². The van der Waals surface area contributed by atoms with Crippen LogP contribution in [-0.2, 0) is 9.59 Å². The molecule has 0 aliphatic carbocycles. The molecule has 29 heavy (non-hydrogen) atoms. The molecular formula is C21H24N4O4. The van der Waals surface area contributed by atoms with E-state index in [2.05, 4.69) is 17.2 Å². The first-order chi connectivity index (χ1) is 13.9.